The predicted molar refractivity (Wildman–Crippen MR) is 74.2 cm³/mol. The molecule has 0 saturated heterocycles. The molecule has 1 atom stereocenters. The first-order valence-corrected chi connectivity index (χ1v) is 6.84. The van der Waals surface area contributed by atoms with Crippen LogP contribution in [-0.2, 0) is 12.8 Å². The van der Waals surface area contributed by atoms with Crippen LogP contribution in [0.25, 0.3) is 0 Å². The van der Waals surface area contributed by atoms with Gasteiger partial charge < -0.3 is 5.32 Å². The van der Waals surface area contributed by atoms with Crippen LogP contribution in [0.3, 0.4) is 0 Å². The van der Waals surface area contributed by atoms with Gasteiger partial charge in [-0.3, -0.25) is 4.98 Å². The van der Waals surface area contributed by atoms with E-state index in [9.17, 15) is 0 Å². The highest BCUT2D eigenvalue weighted by Crippen LogP contribution is 2.09. The summed E-state index contributed by atoms with van der Waals surface area (Å²) in [7, 11) is 0. The predicted octanol–water partition coefficient (Wildman–Crippen LogP) is 3.21. The standard InChI is InChI=1S/C15H26N2/c1-5-9-16-15(12(3)4)10-14-8-7-13(6-2)11-17-14/h7-8,11-12,15-16H,5-6,9-10H2,1-4H3. The molecule has 0 bridgehead atoms. The van der Waals surface area contributed by atoms with Crippen LogP contribution in [0.2, 0.25) is 0 Å². The van der Waals surface area contributed by atoms with E-state index in [2.05, 4.69) is 50.1 Å². The second kappa shape index (κ2) is 7.44. The molecule has 0 fully saturated rings. The fourth-order valence-electron chi connectivity index (χ4n) is 1.88. The smallest absolute Gasteiger partial charge is 0.0419 e. The molecule has 0 aromatic carbocycles. The van der Waals surface area contributed by atoms with E-state index in [-0.39, 0.29) is 0 Å². The zero-order chi connectivity index (χ0) is 12.7. The summed E-state index contributed by atoms with van der Waals surface area (Å²) in [6.45, 7) is 10.0. The van der Waals surface area contributed by atoms with E-state index in [1.165, 1.54) is 17.7 Å². The van der Waals surface area contributed by atoms with Gasteiger partial charge in [0.15, 0.2) is 0 Å². The van der Waals surface area contributed by atoms with Crippen molar-refractivity contribution in [3.63, 3.8) is 0 Å². The lowest BCUT2D eigenvalue weighted by atomic mass is 9.98. The summed E-state index contributed by atoms with van der Waals surface area (Å²) in [4.78, 5) is 4.54. The van der Waals surface area contributed by atoms with Crippen molar-refractivity contribution in [2.24, 2.45) is 5.92 Å². The van der Waals surface area contributed by atoms with Crippen molar-refractivity contribution < 1.29 is 0 Å². The summed E-state index contributed by atoms with van der Waals surface area (Å²) in [5, 5.41) is 3.61. The maximum atomic E-state index is 4.54. The number of nitrogens with one attached hydrogen (secondary N) is 1. The molecule has 0 amide bonds. The van der Waals surface area contributed by atoms with Gasteiger partial charge in [0.25, 0.3) is 0 Å². The average molecular weight is 234 g/mol. The lowest BCUT2D eigenvalue weighted by Gasteiger charge is -2.22. The van der Waals surface area contributed by atoms with Gasteiger partial charge in [0.1, 0.15) is 0 Å². The normalized spacial score (nSPS) is 13.0. The van der Waals surface area contributed by atoms with E-state index in [0.717, 1.165) is 19.4 Å². The molecular weight excluding hydrogens is 208 g/mol. The van der Waals surface area contributed by atoms with Gasteiger partial charge in [0.2, 0.25) is 0 Å². The van der Waals surface area contributed by atoms with Gasteiger partial charge in [-0.05, 0) is 36.9 Å². The van der Waals surface area contributed by atoms with Crippen LogP contribution < -0.4 is 5.32 Å². The molecule has 0 aliphatic rings. The van der Waals surface area contributed by atoms with Crippen LogP contribution in [0.1, 0.15) is 45.4 Å². The van der Waals surface area contributed by atoms with Crippen molar-refractivity contribution in [2.45, 2.75) is 53.0 Å². The zero-order valence-corrected chi connectivity index (χ0v) is 11.7. The molecule has 0 aliphatic heterocycles. The van der Waals surface area contributed by atoms with Crippen molar-refractivity contribution >= 4 is 0 Å². The van der Waals surface area contributed by atoms with E-state index < -0.39 is 0 Å². The Morgan fingerprint density at radius 1 is 1.24 bits per heavy atom. The third-order valence-corrected chi connectivity index (χ3v) is 3.18. The molecule has 1 N–H and O–H groups in total. The first kappa shape index (κ1) is 14.2. The van der Waals surface area contributed by atoms with Crippen LogP contribution in [0, 0.1) is 5.92 Å². The summed E-state index contributed by atoms with van der Waals surface area (Å²) >= 11 is 0. The number of hydrogen-bond donors (Lipinski definition) is 1. The molecule has 0 saturated carbocycles. The van der Waals surface area contributed by atoms with Crippen LogP contribution in [-0.4, -0.2) is 17.6 Å². The first-order valence-electron chi connectivity index (χ1n) is 6.84. The van der Waals surface area contributed by atoms with E-state index in [1.807, 2.05) is 6.20 Å². The van der Waals surface area contributed by atoms with Crippen LogP contribution in [0.5, 0.6) is 0 Å². The molecule has 17 heavy (non-hydrogen) atoms. The quantitative estimate of drug-likeness (QED) is 0.783. The highest BCUT2D eigenvalue weighted by Gasteiger charge is 2.13. The molecule has 1 heterocycles. The second-order valence-electron chi connectivity index (χ2n) is 5.02. The van der Waals surface area contributed by atoms with Gasteiger partial charge in [0.05, 0.1) is 0 Å². The third kappa shape index (κ3) is 4.86. The van der Waals surface area contributed by atoms with Gasteiger partial charge in [0, 0.05) is 24.4 Å². The molecule has 1 rings (SSSR count). The lowest BCUT2D eigenvalue weighted by molar-refractivity contribution is 0.394. The average Bonchev–Trinajstić information content (AvgIpc) is 2.35. The largest absolute Gasteiger partial charge is 0.313 e. The minimum absolute atomic E-state index is 0.537. The molecule has 96 valence electrons. The molecule has 1 aromatic heterocycles. The van der Waals surface area contributed by atoms with Crippen molar-refractivity contribution in [2.75, 3.05) is 6.54 Å². The highest BCUT2D eigenvalue weighted by molar-refractivity contribution is 5.14. The highest BCUT2D eigenvalue weighted by atomic mass is 14.9. The van der Waals surface area contributed by atoms with Gasteiger partial charge in [-0.25, -0.2) is 0 Å². The van der Waals surface area contributed by atoms with Crippen molar-refractivity contribution in [1.29, 1.82) is 0 Å². The number of aryl methyl sites for hydroxylation is 1. The fourth-order valence-corrected chi connectivity index (χ4v) is 1.88. The van der Waals surface area contributed by atoms with Gasteiger partial charge in [-0.1, -0.05) is 33.8 Å². The Labute approximate surface area is 106 Å². The van der Waals surface area contributed by atoms with Crippen LogP contribution in [0.15, 0.2) is 18.3 Å². The monoisotopic (exact) mass is 234 g/mol. The van der Waals surface area contributed by atoms with Gasteiger partial charge in [-0.15, -0.1) is 0 Å². The molecule has 0 spiro atoms. The number of pyridine rings is 1. The molecule has 2 nitrogen and oxygen atoms in total. The Kier molecular flexibility index (Phi) is 6.20. The van der Waals surface area contributed by atoms with Gasteiger partial charge in [-0.2, -0.15) is 0 Å². The Bertz CT molecular complexity index is 303. The van der Waals surface area contributed by atoms with Crippen molar-refractivity contribution in [3.05, 3.63) is 29.6 Å². The zero-order valence-electron chi connectivity index (χ0n) is 11.7. The third-order valence-electron chi connectivity index (χ3n) is 3.18. The SMILES string of the molecule is CCCNC(Cc1ccc(CC)cn1)C(C)C. The van der Waals surface area contributed by atoms with Crippen LogP contribution in [0.4, 0.5) is 0 Å². The number of nitrogens with zero attached hydrogens (tertiary/aromatic N) is 1. The molecule has 1 aromatic rings. The number of hydrogen-bond acceptors (Lipinski definition) is 2. The lowest BCUT2D eigenvalue weighted by Crippen LogP contribution is -2.36. The van der Waals surface area contributed by atoms with Crippen LogP contribution >= 0.6 is 0 Å². The second-order valence-corrected chi connectivity index (χ2v) is 5.02. The van der Waals surface area contributed by atoms with Gasteiger partial charge >= 0.3 is 0 Å². The first-order chi connectivity index (χ1) is 8.17. The number of rotatable bonds is 7. The van der Waals surface area contributed by atoms with E-state index in [1.54, 1.807) is 0 Å². The summed E-state index contributed by atoms with van der Waals surface area (Å²) in [5.41, 5.74) is 2.51. The summed E-state index contributed by atoms with van der Waals surface area (Å²) < 4.78 is 0. The Balaban J connectivity index is 2.58. The summed E-state index contributed by atoms with van der Waals surface area (Å²) in [6.07, 6.45) is 5.29. The van der Waals surface area contributed by atoms with Crippen molar-refractivity contribution in [3.8, 4) is 0 Å². The summed E-state index contributed by atoms with van der Waals surface area (Å²) in [5.74, 6) is 0.647. The van der Waals surface area contributed by atoms with E-state index in [0.29, 0.717) is 12.0 Å². The molecule has 0 radical (unpaired) electrons. The Hall–Kier alpha value is -0.890. The topological polar surface area (TPSA) is 24.9 Å². The van der Waals surface area contributed by atoms with E-state index >= 15 is 0 Å². The molecule has 0 aliphatic carbocycles. The maximum absolute atomic E-state index is 4.54. The molecule has 1 unspecified atom stereocenters. The van der Waals surface area contributed by atoms with Crippen molar-refractivity contribution in [1.82, 2.24) is 10.3 Å². The fraction of sp³-hybridized carbons (Fsp3) is 0.667. The maximum Gasteiger partial charge on any atom is 0.0419 e. The minimum Gasteiger partial charge on any atom is -0.313 e. The minimum atomic E-state index is 0.537. The number of aromatic nitrogens is 1. The Morgan fingerprint density at radius 3 is 2.47 bits per heavy atom. The molecule has 2 heteroatoms. The summed E-state index contributed by atoms with van der Waals surface area (Å²) in [6, 6.07) is 4.90. The Morgan fingerprint density at radius 2 is 2.00 bits per heavy atom. The molecular formula is C15H26N2. The van der Waals surface area contributed by atoms with E-state index in [4.69, 9.17) is 0 Å².